The van der Waals surface area contributed by atoms with Crippen LogP contribution in [0.3, 0.4) is 0 Å². The van der Waals surface area contributed by atoms with Gasteiger partial charge in [-0.05, 0) is 86.5 Å². The molecule has 0 aromatic rings. The quantitative estimate of drug-likeness (QED) is 0.449. The van der Waals surface area contributed by atoms with Gasteiger partial charge in [-0.2, -0.15) is 0 Å². The molecule has 4 fully saturated rings. The first-order valence-electron chi connectivity index (χ1n) is 10.0. The van der Waals surface area contributed by atoms with Gasteiger partial charge in [-0.15, -0.1) is 0 Å². The highest BCUT2D eigenvalue weighted by molar-refractivity contribution is 5.20. The third-order valence-corrected chi connectivity index (χ3v) is 8.36. The van der Waals surface area contributed by atoms with Crippen LogP contribution in [0.4, 0.5) is 0 Å². The molecule has 128 valence electrons. The Hall–Kier alpha value is -0.720. The maximum absolute atomic E-state index is 6.51. The van der Waals surface area contributed by atoms with E-state index in [0.717, 1.165) is 59.2 Å². The summed E-state index contributed by atoms with van der Waals surface area (Å²) in [5.74, 6) is 7.57. The summed E-state index contributed by atoms with van der Waals surface area (Å²) in [5.41, 5.74) is 1.06. The van der Waals surface area contributed by atoms with Gasteiger partial charge in [0.15, 0.2) is 0 Å². The maximum atomic E-state index is 6.51. The van der Waals surface area contributed by atoms with Crippen LogP contribution in [0.2, 0.25) is 0 Å². The van der Waals surface area contributed by atoms with Crippen molar-refractivity contribution in [2.45, 2.75) is 71.3 Å². The van der Waals surface area contributed by atoms with Crippen molar-refractivity contribution in [3.05, 3.63) is 24.5 Å². The first-order valence-corrected chi connectivity index (χ1v) is 10.0. The average Bonchev–Trinajstić information content (AvgIpc) is 3.17. The number of fused-ring (bicyclic) bond motifs is 5. The van der Waals surface area contributed by atoms with Crippen LogP contribution in [0.15, 0.2) is 24.5 Å². The zero-order chi connectivity index (χ0) is 16.4. The Labute approximate surface area is 142 Å². The van der Waals surface area contributed by atoms with Gasteiger partial charge in [0, 0.05) is 5.92 Å². The topological polar surface area (TPSA) is 9.23 Å². The van der Waals surface area contributed by atoms with Gasteiger partial charge in [-0.3, -0.25) is 0 Å². The number of allylic oxidation sites excluding steroid dienone is 1. The van der Waals surface area contributed by atoms with E-state index in [-0.39, 0.29) is 5.60 Å². The highest BCUT2D eigenvalue weighted by Gasteiger charge is 2.64. The lowest BCUT2D eigenvalue weighted by molar-refractivity contribution is -0.0776. The average molecular weight is 315 g/mol. The lowest BCUT2D eigenvalue weighted by Crippen LogP contribution is -2.45. The zero-order valence-corrected chi connectivity index (χ0v) is 15.3. The normalized spacial score (nSPS) is 50.5. The molecule has 0 N–H and O–H groups in total. The van der Waals surface area contributed by atoms with Crippen LogP contribution in [-0.2, 0) is 4.74 Å². The van der Waals surface area contributed by atoms with Gasteiger partial charge in [0.1, 0.15) is 11.4 Å². The second-order valence-electron chi connectivity index (χ2n) is 9.23. The molecule has 0 aromatic heterocycles. The van der Waals surface area contributed by atoms with Gasteiger partial charge in [0.25, 0.3) is 0 Å². The Bertz CT molecular complexity index is 520. The molecule has 4 aliphatic rings. The summed E-state index contributed by atoms with van der Waals surface area (Å²) in [5, 5.41) is 0. The highest BCUT2D eigenvalue weighted by atomic mass is 16.5. The summed E-state index contributed by atoms with van der Waals surface area (Å²) in [6.45, 7) is 15.0. The first kappa shape index (κ1) is 15.8. The SMILES string of the molecule is C=C(C)C(=C)OC1(CC)CC2CC1C1CCC(C3CCC3C)C21. The van der Waals surface area contributed by atoms with E-state index in [1.165, 1.54) is 38.5 Å². The molecule has 0 radical (unpaired) electrons. The van der Waals surface area contributed by atoms with Crippen LogP contribution in [0.5, 0.6) is 0 Å². The minimum Gasteiger partial charge on any atom is -0.487 e. The van der Waals surface area contributed by atoms with Crippen LogP contribution in [0.25, 0.3) is 0 Å². The van der Waals surface area contributed by atoms with Crippen molar-refractivity contribution >= 4 is 0 Å². The molecule has 0 saturated heterocycles. The molecular formula is C22H34O. The van der Waals surface area contributed by atoms with E-state index in [1.807, 2.05) is 6.92 Å². The summed E-state index contributed by atoms with van der Waals surface area (Å²) in [7, 11) is 0. The Morgan fingerprint density at radius 3 is 2.35 bits per heavy atom. The fraction of sp³-hybridized carbons (Fsp3) is 0.818. The summed E-state index contributed by atoms with van der Waals surface area (Å²) in [6.07, 6.45) is 9.78. The van der Waals surface area contributed by atoms with Gasteiger partial charge < -0.3 is 4.74 Å². The molecular weight excluding hydrogens is 280 g/mol. The Balaban J connectivity index is 1.53. The van der Waals surface area contributed by atoms with Crippen LogP contribution in [-0.4, -0.2) is 5.60 Å². The molecule has 0 aromatic carbocycles. The molecule has 23 heavy (non-hydrogen) atoms. The van der Waals surface area contributed by atoms with Crippen molar-refractivity contribution in [3.8, 4) is 0 Å². The van der Waals surface area contributed by atoms with Crippen molar-refractivity contribution in [2.24, 2.45) is 41.4 Å². The second kappa shape index (κ2) is 5.39. The molecule has 4 rings (SSSR count). The summed E-state index contributed by atoms with van der Waals surface area (Å²) < 4.78 is 6.51. The summed E-state index contributed by atoms with van der Waals surface area (Å²) in [6, 6.07) is 0. The number of ether oxygens (including phenoxy) is 1. The van der Waals surface area contributed by atoms with E-state index in [9.17, 15) is 0 Å². The maximum Gasteiger partial charge on any atom is 0.115 e. The molecule has 8 unspecified atom stereocenters. The lowest BCUT2D eigenvalue weighted by Gasteiger charge is -2.47. The highest BCUT2D eigenvalue weighted by Crippen LogP contribution is 2.68. The van der Waals surface area contributed by atoms with E-state index in [0.29, 0.717) is 0 Å². The van der Waals surface area contributed by atoms with Crippen molar-refractivity contribution in [1.29, 1.82) is 0 Å². The summed E-state index contributed by atoms with van der Waals surface area (Å²) >= 11 is 0. The predicted octanol–water partition coefficient (Wildman–Crippen LogP) is 5.97. The minimum absolute atomic E-state index is 0.0714. The first-order chi connectivity index (χ1) is 11.0. The largest absolute Gasteiger partial charge is 0.487 e. The molecule has 1 heteroatoms. The van der Waals surface area contributed by atoms with Gasteiger partial charge in [0.2, 0.25) is 0 Å². The van der Waals surface area contributed by atoms with Crippen LogP contribution in [0.1, 0.15) is 65.7 Å². The van der Waals surface area contributed by atoms with Gasteiger partial charge in [-0.25, -0.2) is 0 Å². The van der Waals surface area contributed by atoms with E-state index in [2.05, 4.69) is 27.0 Å². The number of hydrogen-bond acceptors (Lipinski definition) is 1. The molecule has 2 bridgehead atoms. The molecule has 0 heterocycles. The standard InChI is InChI=1S/C22H34O/c1-6-22(23-15(5)13(2)3)12-16-11-20(22)19-10-9-18(21(16)19)17-8-7-14(17)4/h14,16-21H,2,5-12H2,1,3-4H3. The smallest absolute Gasteiger partial charge is 0.115 e. The van der Waals surface area contributed by atoms with Crippen molar-refractivity contribution in [1.82, 2.24) is 0 Å². The van der Waals surface area contributed by atoms with E-state index < -0.39 is 0 Å². The molecule has 4 aliphatic carbocycles. The fourth-order valence-electron chi connectivity index (χ4n) is 7.09. The van der Waals surface area contributed by atoms with Crippen LogP contribution in [0, 0.1) is 41.4 Å². The Kier molecular flexibility index (Phi) is 3.70. The third-order valence-electron chi connectivity index (χ3n) is 8.36. The van der Waals surface area contributed by atoms with Crippen molar-refractivity contribution in [3.63, 3.8) is 0 Å². The lowest BCUT2D eigenvalue weighted by atomic mass is 9.61. The molecule has 4 saturated carbocycles. The molecule has 0 amide bonds. The monoisotopic (exact) mass is 314 g/mol. The second-order valence-corrected chi connectivity index (χ2v) is 9.23. The van der Waals surface area contributed by atoms with Crippen molar-refractivity contribution < 1.29 is 4.74 Å². The van der Waals surface area contributed by atoms with Crippen LogP contribution < -0.4 is 0 Å². The molecule has 0 aliphatic heterocycles. The number of hydrogen-bond donors (Lipinski definition) is 0. The molecule has 8 atom stereocenters. The Morgan fingerprint density at radius 1 is 1.09 bits per heavy atom. The minimum atomic E-state index is 0.0714. The number of rotatable bonds is 5. The van der Waals surface area contributed by atoms with Gasteiger partial charge in [0.05, 0.1) is 0 Å². The van der Waals surface area contributed by atoms with E-state index >= 15 is 0 Å². The van der Waals surface area contributed by atoms with E-state index in [1.54, 1.807) is 0 Å². The van der Waals surface area contributed by atoms with E-state index in [4.69, 9.17) is 4.74 Å². The predicted molar refractivity (Wildman–Crippen MR) is 95.9 cm³/mol. The van der Waals surface area contributed by atoms with Gasteiger partial charge in [-0.1, -0.05) is 33.4 Å². The fourth-order valence-corrected chi connectivity index (χ4v) is 7.09. The zero-order valence-electron chi connectivity index (χ0n) is 15.3. The summed E-state index contributed by atoms with van der Waals surface area (Å²) in [4.78, 5) is 0. The van der Waals surface area contributed by atoms with Crippen LogP contribution >= 0.6 is 0 Å². The van der Waals surface area contributed by atoms with Gasteiger partial charge >= 0.3 is 0 Å². The molecule has 0 spiro atoms. The molecule has 1 nitrogen and oxygen atoms in total. The third kappa shape index (κ3) is 2.18. The van der Waals surface area contributed by atoms with Crippen molar-refractivity contribution in [2.75, 3.05) is 0 Å². The Morgan fingerprint density at radius 2 is 1.78 bits per heavy atom.